The smallest absolute Gasteiger partial charge is 0.302 e. The summed E-state index contributed by atoms with van der Waals surface area (Å²) in [5.41, 5.74) is 8.57. The van der Waals surface area contributed by atoms with Crippen LogP contribution >= 0.6 is 0 Å². The Hall–Kier alpha value is -3.35. The minimum absolute atomic E-state index is 0.0451. The molecule has 0 aliphatic heterocycles. The summed E-state index contributed by atoms with van der Waals surface area (Å²) < 4.78 is 16.3. The van der Waals surface area contributed by atoms with E-state index in [0.29, 0.717) is 19.4 Å². The van der Waals surface area contributed by atoms with E-state index in [1.165, 1.54) is 13.8 Å². The molecule has 2 atom stereocenters. The number of primary amides is 1. The standard InChI is InChI=1S/C27H35NO6/c1-4-5-15-32-25-8-6-7-23(16-25)22-12-9-21(10-13-22)11-14-24(18-33-19(2)29)26(17-27(28)31)34-20(3)30/h6-10,12-13,16,24,26H,4-5,11,14-15,17-18H2,1-3H3,(H2,28,31). The molecule has 2 unspecified atom stereocenters. The van der Waals surface area contributed by atoms with Crippen LogP contribution in [0, 0.1) is 5.92 Å². The molecule has 184 valence electrons. The van der Waals surface area contributed by atoms with Crippen molar-refractivity contribution in [2.45, 2.75) is 59.0 Å². The van der Waals surface area contributed by atoms with E-state index in [-0.39, 0.29) is 18.9 Å². The van der Waals surface area contributed by atoms with Gasteiger partial charge in [0.2, 0.25) is 5.91 Å². The fourth-order valence-electron chi connectivity index (χ4n) is 3.63. The molecule has 0 aromatic heterocycles. The summed E-state index contributed by atoms with van der Waals surface area (Å²) in [5.74, 6) is -1.02. The first-order valence-electron chi connectivity index (χ1n) is 11.7. The highest BCUT2D eigenvalue weighted by Gasteiger charge is 2.27. The Kier molecular flexibility index (Phi) is 11.1. The van der Waals surface area contributed by atoms with Crippen LogP contribution in [0.1, 0.15) is 52.0 Å². The molecule has 1 amide bonds. The number of aryl methyl sites for hydroxylation is 1. The van der Waals surface area contributed by atoms with Crippen LogP contribution < -0.4 is 10.5 Å². The number of carbonyl (C=O) groups is 3. The Morgan fingerprint density at radius 1 is 0.971 bits per heavy atom. The number of amides is 1. The predicted octanol–water partition coefficient (Wildman–Crippen LogP) is 4.45. The van der Waals surface area contributed by atoms with Crippen molar-refractivity contribution in [1.82, 2.24) is 0 Å². The second-order valence-electron chi connectivity index (χ2n) is 8.35. The van der Waals surface area contributed by atoms with Gasteiger partial charge in [0.25, 0.3) is 0 Å². The summed E-state index contributed by atoms with van der Waals surface area (Å²) in [4.78, 5) is 34.4. The van der Waals surface area contributed by atoms with Gasteiger partial charge in [0.05, 0.1) is 19.6 Å². The minimum Gasteiger partial charge on any atom is -0.494 e. The van der Waals surface area contributed by atoms with E-state index in [0.717, 1.165) is 35.3 Å². The van der Waals surface area contributed by atoms with E-state index in [2.05, 4.69) is 19.1 Å². The molecule has 0 saturated heterocycles. The van der Waals surface area contributed by atoms with Crippen molar-refractivity contribution in [3.05, 3.63) is 54.1 Å². The maximum Gasteiger partial charge on any atom is 0.302 e. The molecule has 7 nitrogen and oxygen atoms in total. The zero-order chi connectivity index (χ0) is 24.9. The summed E-state index contributed by atoms with van der Waals surface area (Å²) in [6.45, 7) is 5.48. The summed E-state index contributed by atoms with van der Waals surface area (Å²) in [6.07, 6.45) is 2.45. The van der Waals surface area contributed by atoms with E-state index in [4.69, 9.17) is 19.9 Å². The average molecular weight is 470 g/mol. The maximum atomic E-state index is 11.5. The highest BCUT2D eigenvalue weighted by atomic mass is 16.6. The largest absolute Gasteiger partial charge is 0.494 e. The molecular weight excluding hydrogens is 434 g/mol. The van der Waals surface area contributed by atoms with Crippen LogP contribution in [0.5, 0.6) is 5.75 Å². The molecule has 0 radical (unpaired) electrons. The normalized spacial score (nSPS) is 12.4. The Morgan fingerprint density at radius 2 is 1.71 bits per heavy atom. The number of hydrogen-bond donors (Lipinski definition) is 1. The van der Waals surface area contributed by atoms with Crippen LogP contribution in [0.2, 0.25) is 0 Å². The first-order valence-corrected chi connectivity index (χ1v) is 11.7. The summed E-state index contributed by atoms with van der Waals surface area (Å²) >= 11 is 0. The van der Waals surface area contributed by atoms with Crippen molar-refractivity contribution in [1.29, 1.82) is 0 Å². The molecule has 0 fully saturated rings. The molecule has 2 rings (SSSR count). The van der Waals surface area contributed by atoms with Gasteiger partial charge in [0.1, 0.15) is 11.9 Å². The van der Waals surface area contributed by atoms with Crippen molar-refractivity contribution in [3.8, 4) is 16.9 Å². The van der Waals surface area contributed by atoms with Gasteiger partial charge in [0.15, 0.2) is 0 Å². The van der Waals surface area contributed by atoms with Crippen LogP contribution in [0.25, 0.3) is 11.1 Å². The summed E-state index contributed by atoms with van der Waals surface area (Å²) in [5, 5.41) is 0. The highest BCUT2D eigenvalue weighted by molar-refractivity contribution is 5.75. The number of unbranched alkanes of at least 4 members (excludes halogenated alkanes) is 1. The van der Waals surface area contributed by atoms with E-state index in [9.17, 15) is 14.4 Å². The zero-order valence-electron chi connectivity index (χ0n) is 20.3. The molecule has 0 spiro atoms. The van der Waals surface area contributed by atoms with Crippen molar-refractivity contribution < 1.29 is 28.6 Å². The second kappa shape index (κ2) is 14.0. The lowest BCUT2D eigenvalue weighted by Crippen LogP contribution is -2.34. The number of carbonyl (C=O) groups excluding carboxylic acids is 3. The summed E-state index contributed by atoms with van der Waals surface area (Å²) in [6, 6.07) is 16.2. The van der Waals surface area contributed by atoms with Gasteiger partial charge >= 0.3 is 11.9 Å². The molecular formula is C27H35NO6. The van der Waals surface area contributed by atoms with Crippen molar-refractivity contribution in [2.75, 3.05) is 13.2 Å². The van der Waals surface area contributed by atoms with E-state index in [1.54, 1.807) is 0 Å². The molecule has 2 N–H and O–H groups in total. The van der Waals surface area contributed by atoms with Crippen molar-refractivity contribution in [2.24, 2.45) is 11.7 Å². The molecule has 7 heteroatoms. The van der Waals surface area contributed by atoms with Crippen LogP contribution in [-0.2, 0) is 30.3 Å². The maximum absolute atomic E-state index is 11.5. The molecule has 0 heterocycles. The average Bonchev–Trinajstić information content (AvgIpc) is 2.79. The number of nitrogens with two attached hydrogens (primary N) is 1. The first kappa shape index (κ1) is 26.9. The highest BCUT2D eigenvalue weighted by Crippen LogP contribution is 2.26. The SMILES string of the molecule is CCCCOc1cccc(-c2ccc(CCC(COC(C)=O)C(CC(N)=O)OC(C)=O)cc2)c1. The third kappa shape index (κ3) is 9.65. The molecule has 2 aromatic rings. The van der Waals surface area contributed by atoms with Crippen LogP contribution in [0.15, 0.2) is 48.5 Å². The Morgan fingerprint density at radius 3 is 2.32 bits per heavy atom. The van der Waals surface area contributed by atoms with Crippen molar-refractivity contribution in [3.63, 3.8) is 0 Å². The Bertz CT molecular complexity index is 924. The number of benzene rings is 2. The quantitative estimate of drug-likeness (QED) is 0.324. The molecule has 0 saturated carbocycles. The number of hydrogen-bond acceptors (Lipinski definition) is 6. The van der Waals surface area contributed by atoms with Crippen LogP contribution in [0.3, 0.4) is 0 Å². The van der Waals surface area contributed by atoms with Gasteiger partial charge in [-0.05, 0) is 48.1 Å². The molecule has 34 heavy (non-hydrogen) atoms. The molecule has 0 aliphatic rings. The Balaban J connectivity index is 2.07. The lowest BCUT2D eigenvalue weighted by Gasteiger charge is -2.25. The molecule has 2 aromatic carbocycles. The van der Waals surface area contributed by atoms with Gasteiger partial charge in [0, 0.05) is 19.8 Å². The van der Waals surface area contributed by atoms with Crippen molar-refractivity contribution >= 4 is 17.8 Å². The lowest BCUT2D eigenvalue weighted by atomic mass is 9.92. The van der Waals surface area contributed by atoms with Crippen LogP contribution in [-0.4, -0.2) is 37.2 Å². The predicted molar refractivity (Wildman–Crippen MR) is 130 cm³/mol. The number of ether oxygens (including phenoxy) is 3. The Labute approximate surface area is 201 Å². The van der Waals surface area contributed by atoms with Gasteiger partial charge in [-0.3, -0.25) is 14.4 Å². The van der Waals surface area contributed by atoms with E-state index < -0.39 is 23.9 Å². The van der Waals surface area contributed by atoms with Gasteiger partial charge in [-0.1, -0.05) is 49.7 Å². The number of esters is 2. The molecule has 0 bridgehead atoms. The first-order chi connectivity index (χ1) is 16.3. The van der Waals surface area contributed by atoms with Gasteiger partial charge in [-0.15, -0.1) is 0 Å². The minimum atomic E-state index is -0.746. The monoisotopic (exact) mass is 469 g/mol. The second-order valence-corrected chi connectivity index (χ2v) is 8.35. The third-order valence-corrected chi connectivity index (χ3v) is 5.44. The number of rotatable bonds is 14. The summed E-state index contributed by atoms with van der Waals surface area (Å²) in [7, 11) is 0. The van der Waals surface area contributed by atoms with Crippen LogP contribution in [0.4, 0.5) is 0 Å². The van der Waals surface area contributed by atoms with Gasteiger partial charge in [-0.25, -0.2) is 0 Å². The molecule has 0 aliphatic carbocycles. The fraction of sp³-hybridized carbons (Fsp3) is 0.444. The topological polar surface area (TPSA) is 105 Å². The lowest BCUT2D eigenvalue weighted by molar-refractivity contribution is -0.154. The zero-order valence-corrected chi connectivity index (χ0v) is 20.3. The third-order valence-electron chi connectivity index (χ3n) is 5.44. The van der Waals surface area contributed by atoms with Gasteiger partial charge in [-0.2, -0.15) is 0 Å². The van der Waals surface area contributed by atoms with E-state index >= 15 is 0 Å². The van der Waals surface area contributed by atoms with E-state index in [1.807, 2.05) is 36.4 Å². The van der Waals surface area contributed by atoms with Gasteiger partial charge < -0.3 is 19.9 Å². The fourth-order valence-corrected chi connectivity index (χ4v) is 3.63.